The minimum absolute atomic E-state index is 0.162. The second kappa shape index (κ2) is 7.78. The number of nitrogens with one attached hydrogen (secondary N) is 2. The van der Waals surface area contributed by atoms with Crippen molar-refractivity contribution in [2.45, 2.75) is 0 Å². The number of benzene rings is 1. The largest absolute Gasteiger partial charge is 0.484 e. The van der Waals surface area contributed by atoms with E-state index in [0.29, 0.717) is 17.1 Å². The third-order valence-electron chi connectivity index (χ3n) is 3.15. The van der Waals surface area contributed by atoms with E-state index in [4.69, 9.17) is 9.15 Å². The van der Waals surface area contributed by atoms with E-state index in [2.05, 4.69) is 15.6 Å². The number of hydrogen-bond acceptors (Lipinski definition) is 5. The first-order valence-electron chi connectivity index (χ1n) is 7.48. The molecule has 7 heteroatoms. The van der Waals surface area contributed by atoms with Gasteiger partial charge in [-0.05, 0) is 36.4 Å². The molecule has 3 rings (SSSR count). The van der Waals surface area contributed by atoms with E-state index < -0.39 is 0 Å². The molecule has 0 unspecified atom stereocenters. The zero-order valence-corrected chi connectivity index (χ0v) is 13.1. The van der Waals surface area contributed by atoms with Gasteiger partial charge in [0.15, 0.2) is 12.4 Å². The summed E-state index contributed by atoms with van der Waals surface area (Å²) in [5.74, 6) is -0.00440. The molecule has 2 heterocycles. The second-order valence-corrected chi connectivity index (χ2v) is 5.04. The van der Waals surface area contributed by atoms with E-state index in [1.54, 1.807) is 60.9 Å². The maximum atomic E-state index is 11.9. The van der Waals surface area contributed by atoms with Crippen LogP contribution in [0.15, 0.2) is 71.6 Å². The fourth-order valence-corrected chi connectivity index (χ4v) is 2.05. The number of ether oxygens (including phenoxy) is 1. The molecule has 7 nitrogen and oxygen atoms in total. The summed E-state index contributed by atoms with van der Waals surface area (Å²) in [6, 6.07) is 13.4. The van der Waals surface area contributed by atoms with Crippen molar-refractivity contribution >= 4 is 23.2 Å². The Morgan fingerprint density at radius 1 is 1.04 bits per heavy atom. The summed E-state index contributed by atoms with van der Waals surface area (Å²) in [6.07, 6.45) is 4.59. The number of anilines is 2. The fraction of sp³-hybridized carbons (Fsp3) is 0.0556. The van der Waals surface area contributed by atoms with Crippen molar-refractivity contribution in [1.82, 2.24) is 4.98 Å². The highest BCUT2D eigenvalue weighted by molar-refractivity contribution is 6.02. The van der Waals surface area contributed by atoms with Crippen LogP contribution < -0.4 is 15.4 Å². The van der Waals surface area contributed by atoms with Gasteiger partial charge in [-0.1, -0.05) is 6.07 Å². The summed E-state index contributed by atoms with van der Waals surface area (Å²) >= 11 is 0. The lowest BCUT2D eigenvalue weighted by Gasteiger charge is -2.09. The molecule has 2 aromatic heterocycles. The first-order chi connectivity index (χ1) is 12.2. The van der Waals surface area contributed by atoms with Crippen LogP contribution in [-0.4, -0.2) is 23.4 Å². The highest BCUT2D eigenvalue weighted by Crippen LogP contribution is 2.18. The highest BCUT2D eigenvalue weighted by atomic mass is 16.5. The Bertz CT molecular complexity index is 848. The molecule has 2 N–H and O–H groups in total. The number of rotatable bonds is 6. The molecule has 126 valence electrons. The number of aromatic nitrogens is 1. The van der Waals surface area contributed by atoms with Crippen LogP contribution in [0.2, 0.25) is 0 Å². The zero-order valence-electron chi connectivity index (χ0n) is 13.1. The molecule has 0 aliphatic heterocycles. The van der Waals surface area contributed by atoms with Crippen LogP contribution in [0.4, 0.5) is 11.4 Å². The molecule has 0 atom stereocenters. The Morgan fingerprint density at radius 3 is 2.68 bits per heavy atom. The van der Waals surface area contributed by atoms with Gasteiger partial charge in [-0.25, -0.2) is 0 Å². The van der Waals surface area contributed by atoms with Crippen LogP contribution in [0, 0.1) is 0 Å². The van der Waals surface area contributed by atoms with Crippen molar-refractivity contribution in [1.29, 1.82) is 0 Å². The molecule has 25 heavy (non-hydrogen) atoms. The van der Waals surface area contributed by atoms with Crippen LogP contribution in [-0.2, 0) is 4.79 Å². The number of furan rings is 1. The van der Waals surface area contributed by atoms with E-state index >= 15 is 0 Å². The quantitative estimate of drug-likeness (QED) is 0.721. The number of nitrogens with zero attached hydrogens (tertiary/aromatic N) is 1. The van der Waals surface area contributed by atoms with Gasteiger partial charge in [0, 0.05) is 18.0 Å². The lowest BCUT2D eigenvalue weighted by atomic mass is 10.3. The standard InChI is InChI=1S/C18H15N3O4/c22-17(20-14-5-2-8-19-11-14)12-25-15-6-1-4-13(10-15)21-18(23)16-7-3-9-24-16/h1-11H,12H2,(H,20,22)(H,21,23). The number of pyridine rings is 1. The Labute approximate surface area is 143 Å². The molecule has 3 aromatic rings. The van der Waals surface area contributed by atoms with Gasteiger partial charge >= 0.3 is 0 Å². The van der Waals surface area contributed by atoms with Gasteiger partial charge in [0.25, 0.3) is 11.8 Å². The van der Waals surface area contributed by atoms with Gasteiger partial charge in [-0.2, -0.15) is 0 Å². The third kappa shape index (κ3) is 4.68. The Kier molecular flexibility index (Phi) is 5.06. The lowest BCUT2D eigenvalue weighted by molar-refractivity contribution is -0.118. The van der Waals surface area contributed by atoms with Crippen molar-refractivity contribution in [3.05, 3.63) is 72.9 Å². The summed E-state index contributed by atoms with van der Waals surface area (Å²) in [6.45, 7) is -0.162. The molecule has 0 radical (unpaired) electrons. The number of carbonyl (C=O) groups excluding carboxylic acids is 2. The van der Waals surface area contributed by atoms with Gasteiger partial charge in [0.2, 0.25) is 0 Å². The monoisotopic (exact) mass is 337 g/mol. The van der Waals surface area contributed by atoms with Crippen molar-refractivity contribution in [2.75, 3.05) is 17.2 Å². The third-order valence-corrected chi connectivity index (χ3v) is 3.15. The van der Waals surface area contributed by atoms with Crippen LogP contribution in [0.5, 0.6) is 5.75 Å². The minimum atomic E-state index is -0.364. The van der Waals surface area contributed by atoms with Crippen molar-refractivity contribution < 1.29 is 18.7 Å². The van der Waals surface area contributed by atoms with Gasteiger partial charge < -0.3 is 19.8 Å². The van der Waals surface area contributed by atoms with E-state index in [-0.39, 0.29) is 24.2 Å². The molecule has 0 bridgehead atoms. The topological polar surface area (TPSA) is 93.5 Å². The van der Waals surface area contributed by atoms with Crippen LogP contribution >= 0.6 is 0 Å². The van der Waals surface area contributed by atoms with E-state index in [1.807, 2.05) is 0 Å². The van der Waals surface area contributed by atoms with Crippen molar-refractivity contribution in [2.24, 2.45) is 0 Å². The molecular formula is C18H15N3O4. The predicted octanol–water partition coefficient (Wildman–Crippen LogP) is 2.94. The maximum Gasteiger partial charge on any atom is 0.291 e. The van der Waals surface area contributed by atoms with Gasteiger partial charge in [-0.3, -0.25) is 14.6 Å². The molecular weight excluding hydrogens is 322 g/mol. The molecule has 0 spiro atoms. The fourth-order valence-electron chi connectivity index (χ4n) is 2.05. The Morgan fingerprint density at radius 2 is 1.92 bits per heavy atom. The maximum absolute atomic E-state index is 11.9. The molecule has 0 aliphatic rings. The highest BCUT2D eigenvalue weighted by Gasteiger charge is 2.09. The van der Waals surface area contributed by atoms with Crippen molar-refractivity contribution in [3.63, 3.8) is 0 Å². The summed E-state index contributed by atoms with van der Waals surface area (Å²) in [5, 5.41) is 5.36. The number of hydrogen-bond donors (Lipinski definition) is 2. The molecule has 1 aromatic carbocycles. The first kappa shape index (κ1) is 16.3. The van der Waals surface area contributed by atoms with Gasteiger partial charge in [0.05, 0.1) is 18.1 Å². The molecule has 2 amide bonds. The second-order valence-electron chi connectivity index (χ2n) is 5.04. The summed E-state index contributed by atoms with van der Waals surface area (Å²) in [4.78, 5) is 27.7. The van der Waals surface area contributed by atoms with Gasteiger partial charge in [0.1, 0.15) is 5.75 Å². The van der Waals surface area contributed by atoms with E-state index in [0.717, 1.165) is 0 Å². The van der Waals surface area contributed by atoms with Gasteiger partial charge in [-0.15, -0.1) is 0 Å². The Hall–Kier alpha value is -3.61. The van der Waals surface area contributed by atoms with E-state index in [1.165, 1.54) is 6.26 Å². The zero-order chi connectivity index (χ0) is 17.5. The van der Waals surface area contributed by atoms with Crippen LogP contribution in [0.25, 0.3) is 0 Å². The molecule has 0 saturated carbocycles. The average Bonchev–Trinajstić information content (AvgIpc) is 3.16. The van der Waals surface area contributed by atoms with Crippen molar-refractivity contribution in [3.8, 4) is 5.75 Å². The van der Waals surface area contributed by atoms with Crippen LogP contribution in [0.1, 0.15) is 10.6 Å². The minimum Gasteiger partial charge on any atom is -0.484 e. The Balaban J connectivity index is 1.54. The summed E-state index contributed by atoms with van der Waals surface area (Å²) < 4.78 is 10.5. The van der Waals surface area contributed by atoms with Crippen LogP contribution in [0.3, 0.4) is 0 Å². The summed E-state index contributed by atoms with van der Waals surface area (Å²) in [5.41, 5.74) is 1.13. The lowest BCUT2D eigenvalue weighted by Crippen LogP contribution is -2.20. The molecule has 0 saturated heterocycles. The SMILES string of the molecule is O=C(COc1cccc(NC(=O)c2ccco2)c1)Nc1cccnc1. The summed E-state index contributed by atoms with van der Waals surface area (Å²) in [7, 11) is 0. The predicted molar refractivity (Wildman–Crippen MR) is 91.5 cm³/mol. The average molecular weight is 337 g/mol. The van der Waals surface area contributed by atoms with E-state index in [9.17, 15) is 9.59 Å². The molecule has 0 aliphatic carbocycles. The first-order valence-corrected chi connectivity index (χ1v) is 7.48. The normalized spacial score (nSPS) is 10.1. The molecule has 0 fully saturated rings. The smallest absolute Gasteiger partial charge is 0.291 e. The number of amides is 2. The number of carbonyl (C=O) groups is 2.